The molecule has 4 saturated carbocycles. The SMILES string of the molecule is CC(=O)O[C@@H]1CC[C@@H]2[C@@H]3CC[C@H]4CC(=O)[C@@H](Br)C[C@]4(C)[C@H]3CC[C@@]21C. The third kappa shape index (κ3) is 2.64. The Morgan fingerprint density at radius 3 is 2.52 bits per heavy atom. The molecule has 0 bridgehead atoms. The van der Waals surface area contributed by atoms with Gasteiger partial charge in [0.15, 0.2) is 0 Å². The van der Waals surface area contributed by atoms with E-state index in [0.29, 0.717) is 23.0 Å². The Labute approximate surface area is 159 Å². The number of carbonyl (C=O) groups is 2. The second-order valence-corrected chi connectivity index (χ2v) is 10.8. The van der Waals surface area contributed by atoms with Gasteiger partial charge < -0.3 is 4.74 Å². The predicted molar refractivity (Wildman–Crippen MR) is 100 cm³/mol. The van der Waals surface area contributed by atoms with Crippen LogP contribution in [-0.4, -0.2) is 22.7 Å². The van der Waals surface area contributed by atoms with Crippen molar-refractivity contribution in [3.05, 3.63) is 0 Å². The number of alkyl halides is 1. The van der Waals surface area contributed by atoms with Crippen molar-refractivity contribution < 1.29 is 14.3 Å². The fourth-order valence-corrected chi connectivity index (χ4v) is 8.29. The van der Waals surface area contributed by atoms with Crippen molar-refractivity contribution in [1.29, 1.82) is 0 Å². The lowest BCUT2D eigenvalue weighted by Gasteiger charge is -2.60. The molecule has 0 spiro atoms. The normalized spacial score (nSPS) is 52.1. The molecule has 4 aliphatic carbocycles. The lowest BCUT2D eigenvalue weighted by molar-refractivity contribution is -0.161. The van der Waals surface area contributed by atoms with Crippen LogP contribution in [0.25, 0.3) is 0 Å². The molecule has 140 valence electrons. The van der Waals surface area contributed by atoms with Crippen LogP contribution in [-0.2, 0) is 14.3 Å². The molecule has 4 aliphatic rings. The smallest absolute Gasteiger partial charge is 0.302 e. The van der Waals surface area contributed by atoms with Crippen molar-refractivity contribution >= 4 is 27.7 Å². The van der Waals surface area contributed by atoms with Crippen LogP contribution < -0.4 is 0 Å². The van der Waals surface area contributed by atoms with Crippen molar-refractivity contribution in [3.8, 4) is 0 Å². The highest BCUT2D eigenvalue weighted by molar-refractivity contribution is 9.10. The summed E-state index contributed by atoms with van der Waals surface area (Å²) in [7, 11) is 0. The summed E-state index contributed by atoms with van der Waals surface area (Å²) in [5, 5.41) is 0. The van der Waals surface area contributed by atoms with Gasteiger partial charge in [0.1, 0.15) is 11.9 Å². The summed E-state index contributed by atoms with van der Waals surface area (Å²) in [6, 6.07) is 0. The standard InChI is InChI=1S/C21H31BrO3/c1-12(23)25-19-7-6-15-14-5-4-13-10-18(24)17(22)11-21(13,3)16(14)8-9-20(15,19)2/h13-17,19H,4-11H2,1-3H3/t13-,14-,15+,16-,17-,19+,20-,21-/m0/s1. The maximum Gasteiger partial charge on any atom is 0.302 e. The highest BCUT2D eigenvalue weighted by Crippen LogP contribution is 2.66. The van der Waals surface area contributed by atoms with E-state index in [-0.39, 0.29) is 22.3 Å². The van der Waals surface area contributed by atoms with Gasteiger partial charge in [0.05, 0.1) is 4.83 Å². The third-order valence-electron chi connectivity index (χ3n) is 8.70. The number of ether oxygens (including phenoxy) is 1. The quantitative estimate of drug-likeness (QED) is 0.455. The largest absolute Gasteiger partial charge is 0.462 e. The number of halogens is 1. The molecule has 0 heterocycles. The number of Topliss-reactive ketones (excluding diaryl/α,β-unsaturated/α-hetero) is 1. The van der Waals surface area contributed by atoms with Crippen molar-refractivity contribution in [2.24, 2.45) is 34.5 Å². The molecule has 0 radical (unpaired) electrons. The molecule has 3 nitrogen and oxygen atoms in total. The van der Waals surface area contributed by atoms with Crippen LogP contribution >= 0.6 is 15.9 Å². The first-order valence-electron chi connectivity index (χ1n) is 10.1. The monoisotopic (exact) mass is 410 g/mol. The summed E-state index contributed by atoms with van der Waals surface area (Å²) in [4.78, 5) is 23.8. The van der Waals surface area contributed by atoms with Gasteiger partial charge in [-0.15, -0.1) is 0 Å². The van der Waals surface area contributed by atoms with E-state index in [4.69, 9.17) is 4.74 Å². The maximum absolute atomic E-state index is 12.2. The molecule has 0 saturated heterocycles. The molecule has 0 aromatic carbocycles. The molecule has 0 amide bonds. The van der Waals surface area contributed by atoms with Gasteiger partial charge in [0.25, 0.3) is 0 Å². The Morgan fingerprint density at radius 1 is 1.08 bits per heavy atom. The first-order chi connectivity index (χ1) is 11.8. The molecular weight excluding hydrogens is 380 g/mol. The van der Waals surface area contributed by atoms with Gasteiger partial charge in [-0.2, -0.15) is 0 Å². The molecule has 4 fully saturated rings. The van der Waals surface area contributed by atoms with E-state index in [0.717, 1.165) is 31.1 Å². The van der Waals surface area contributed by atoms with Crippen LogP contribution in [0.5, 0.6) is 0 Å². The number of carbonyl (C=O) groups excluding carboxylic acids is 2. The molecule has 0 unspecified atom stereocenters. The zero-order valence-corrected chi connectivity index (χ0v) is 17.3. The lowest BCUT2D eigenvalue weighted by atomic mass is 9.45. The Bertz CT molecular complexity index is 590. The molecule has 4 heteroatoms. The van der Waals surface area contributed by atoms with Gasteiger partial charge in [-0.3, -0.25) is 9.59 Å². The summed E-state index contributed by atoms with van der Waals surface area (Å²) in [5.41, 5.74) is 0.458. The molecular formula is C21H31BrO3. The minimum absolute atomic E-state index is 0.0539. The van der Waals surface area contributed by atoms with Crippen LogP contribution in [0.1, 0.15) is 72.1 Å². The van der Waals surface area contributed by atoms with Crippen LogP contribution in [0.15, 0.2) is 0 Å². The summed E-state index contributed by atoms with van der Waals surface area (Å²) in [6.45, 7) is 6.39. The third-order valence-corrected chi connectivity index (χ3v) is 9.54. The molecule has 0 aromatic rings. The maximum atomic E-state index is 12.2. The fraction of sp³-hybridized carbons (Fsp3) is 0.905. The van der Waals surface area contributed by atoms with Gasteiger partial charge in [0, 0.05) is 18.8 Å². The van der Waals surface area contributed by atoms with Crippen molar-refractivity contribution in [3.63, 3.8) is 0 Å². The summed E-state index contributed by atoms with van der Waals surface area (Å²) >= 11 is 3.66. The van der Waals surface area contributed by atoms with Crippen LogP contribution in [0.2, 0.25) is 0 Å². The van der Waals surface area contributed by atoms with E-state index >= 15 is 0 Å². The van der Waals surface area contributed by atoms with Gasteiger partial charge >= 0.3 is 5.97 Å². The number of hydrogen-bond donors (Lipinski definition) is 0. The number of fused-ring (bicyclic) bond motifs is 5. The minimum Gasteiger partial charge on any atom is -0.462 e. The average Bonchev–Trinajstić information content (AvgIpc) is 2.85. The second kappa shape index (κ2) is 6.07. The Morgan fingerprint density at radius 2 is 1.80 bits per heavy atom. The fourth-order valence-electron chi connectivity index (χ4n) is 7.40. The number of rotatable bonds is 1. The van der Waals surface area contributed by atoms with Gasteiger partial charge in [0.2, 0.25) is 0 Å². The molecule has 25 heavy (non-hydrogen) atoms. The van der Waals surface area contributed by atoms with E-state index < -0.39 is 0 Å². The zero-order chi connectivity index (χ0) is 18.0. The summed E-state index contributed by atoms with van der Waals surface area (Å²) in [5.74, 6) is 3.02. The number of hydrogen-bond acceptors (Lipinski definition) is 3. The highest BCUT2D eigenvalue weighted by atomic mass is 79.9. The van der Waals surface area contributed by atoms with E-state index in [1.807, 2.05) is 0 Å². The van der Waals surface area contributed by atoms with Gasteiger partial charge in [-0.05, 0) is 74.0 Å². The first kappa shape index (κ1) is 18.0. The Kier molecular flexibility index (Phi) is 4.37. The first-order valence-corrected chi connectivity index (χ1v) is 11.0. The second-order valence-electron chi connectivity index (χ2n) is 9.72. The van der Waals surface area contributed by atoms with Gasteiger partial charge in [-0.1, -0.05) is 29.8 Å². The van der Waals surface area contributed by atoms with E-state index in [9.17, 15) is 9.59 Å². The predicted octanol–water partition coefficient (Wildman–Crippen LogP) is 4.90. The molecule has 0 N–H and O–H groups in total. The van der Waals surface area contributed by atoms with Crippen LogP contribution in [0, 0.1) is 34.5 Å². The molecule has 4 rings (SSSR count). The van der Waals surface area contributed by atoms with E-state index in [1.165, 1.54) is 32.1 Å². The number of esters is 1. The van der Waals surface area contributed by atoms with Crippen molar-refractivity contribution in [2.45, 2.75) is 83.1 Å². The average molecular weight is 411 g/mol. The number of ketones is 1. The van der Waals surface area contributed by atoms with Crippen molar-refractivity contribution in [2.75, 3.05) is 0 Å². The van der Waals surface area contributed by atoms with E-state index in [2.05, 4.69) is 29.8 Å². The molecule has 0 aromatic heterocycles. The Balaban J connectivity index is 1.59. The topological polar surface area (TPSA) is 43.4 Å². The summed E-state index contributed by atoms with van der Waals surface area (Å²) in [6.07, 6.45) is 8.99. The summed E-state index contributed by atoms with van der Waals surface area (Å²) < 4.78 is 5.74. The van der Waals surface area contributed by atoms with Gasteiger partial charge in [-0.25, -0.2) is 0 Å². The zero-order valence-electron chi connectivity index (χ0n) is 15.7. The molecule has 0 aliphatic heterocycles. The van der Waals surface area contributed by atoms with Crippen LogP contribution in [0.3, 0.4) is 0 Å². The van der Waals surface area contributed by atoms with E-state index in [1.54, 1.807) is 6.92 Å². The van der Waals surface area contributed by atoms with Crippen LogP contribution in [0.4, 0.5) is 0 Å². The minimum atomic E-state index is -0.127. The molecule has 8 atom stereocenters. The lowest BCUT2D eigenvalue weighted by Crippen LogP contribution is -2.55. The Hall–Kier alpha value is -0.380. The highest BCUT2D eigenvalue weighted by Gasteiger charge is 2.61. The van der Waals surface area contributed by atoms with Crippen molar-refractivity contribution in [1.82, 2.24) is 0 Å².